The number of likely N-dealkylation sites (N-methyl/N-ethyl adjacent to an activating group) is 1. The van der Waals surface area contributed by atoms with Crippen molar-refractivity contribution >= 4 is 36.2 Å². The second kappa shape index (κ2) is 7.23. The Balaban J connectivity index is 2.35. The van der Waals surface area contributed by atoms with Crippen LogP contribution in [0.25, 0.3) is 6.08 Å². The van der Waals surface area contributed by atoms with Crippen LogP contribution in [0.4, 0.5) is 5.69 Å². The summed E-state index contributed by atoms with van der Waals surface area (Å²) in [4.78, 5) is 0. The highest BCUT2D eigenvalue weighted by Crippen LogP contribution is 2.38. The Morgan fingerprint density at radius 3 is 2.33 bits per heavy atom. The minimum Gasteiger partial charge on any atom is -0.400 e. The number of nitrogens with two attached hydrogens (primary N) is 1. The maximum absolute atomic E-state index is 6.17. The smallest absolute Gasteiger partial charge is 0.400 e. The van der Waals surface area contributed by atoms with Crippen LogP contribution in [0.2, 0.25) is 0 Å². The van der Waals surface area contributed by atoms with Gasteiger partial charge in [0.15, 0.2) is 5.11 Å². The summed E-state index contributed by atoms with van der Waals surface area (Å²) in [7, 11) is 1.50. The molecule has 0 aliphatic carbocycles. The van der Waals surface area contributed by atoms with Crippen LogP contribution in [-0.2, 0) is 9.31 Å². The molecule has 0 unspecified atom stereocenters. The van der Waals surface area contributed by atoms with Crippen LogP contribution in [-0.4, -0.2) is 37.0 Å². The molecular weight excluding hydrogens is 321 g/mol. The number of para-hydroxylation sites is 1. The van der Waals surface area contributed by atoms with E-state index in [0.717, 1.165) is 16.7 Å². The topological polar surface area (TPSA) is 68.5 Å². The maximum Gasteiger partial charge on any atom is 0.491 e. The van der Waals surface area contributed by atoms with Crippen molar-refractivity contribution in [1.82, 2.24) is 5.32 Å². The fourth-order valence-corrected chi connectivity index (χ4v) is 2.58. The number of thiocarbonyl (C=S) groups is 1. The Bertz CT molecular complexity index is 630. The molecule has 1 aromatic carbocycles. The van der Waals surface area contributed by atoms with E-state index >= 15 is 0 Å². The number of nitrogens with one attached hydrogen (secondary N) is 2. The van der Waals surface area contributed by atoms with Gasteiger partial charge in [-0.15, -0.1) is 0 Å². The summed E-state index contributed by atoms with van der Waals surface area (Å²) in [5.41, 5.74) is 7.71. The standard InChI is InChI=1S/C17H26BN3O2S/c1-16(2)17(3,4)23-18(22-16)13(11-20-5)10-12-8-6-7-9-14(12)21-15(19)24/h6-10,20H,11H2,1-5H3,(H3,19,21,24). The van der Waals surface area contributed by atoms with Crippen LogP contribution in [0.15, 0.2) is 29.7 Å². The predicted octanol–water partition coefficient (Wildman–Crippen LogP) is 2.58. The number of hydrogen-bond donors (Lipinski definition) is 3. The van der Waals surface area contributed by atoms with Gasteiger partial charge in [0.2, 0.25) is 0 Å². The minimum atomic E-state index is -0.402. The monoisotopic (exact) mass is 347 g/mol. The summed E-state index contributed by atoms with van der Waals surface area (Å²) in [6.07, 6.45) is 2.05. The van der Waals surface area contributed by atoms with E-state index in [0.29, 0.717) is 6.54 Å². The fraction of sp³-hybridized carbons (Fsp3) is 0.471. The Morgan fingerprint density at radius 1 is 1.21 bits per heavy atom. The highest BCUT2D eigenvalue weighted by Gasteiger charge is 2.52. The molecule has 7 heteroatoms. The van der Waals surface area contributed by atoms with Crippen molar-refractivity contribution in [3.8, 4) is 0 Å². The van der Waals surface area contributed by atoms with E-state index in [1.807, 2.05) is 59.0 Å². The van der Waals surface area contributed by atoms with E-state index in [-0.39, 0.29) is 16.3 Å². The molecule has 0 atom stereocenters. The van der Waals surface area contributed by atoms with Crippen LogP contribution in [0.1, 0.15) is 33.3 Å². The quantitative estimate of drug-likeness (QED) is 0.562. The summed E-state index contributed by atoms with van der Waals surface area (Å²) < 4.78 is 12.3. The van der Waals surface area contributed by atoms with Crippen molar-refractivity contribution in [3.05, 3.63) is 35.3 Å². The van der Waals surface area contributed by atoms with Gasteiger partial charge in [0.25, 0.3) is 0 Å². The molecule has 0 radical (unpaired) electrons. The molecule has 24 heavy (non-hydrogen) atoms. The van der Waals surface area contributed by atoms with Gasteiger partial charge in [-0.2, -0.15) is 0 Å². The van der Waals surface area contributed by atoms with Crippen LogP contribution in [0, 0.1) is 0 Å². The van der Waals surface area contributed by atoms with Gasteiger partial charge in [0.1, 0.15) is 0 Å². The zero-order chi connectivity index (χ0) is 18.0. The Kier molecular flexibility index (Phi) is 5.70. The first kappa shape index (κ1) is 18.9. The Morgan fingerprint density at radius 2 is 1.79 bits per heavy atom. The molecule has 2 rings (SSSR count). The summed E-state index contributed by atoms with van der Waals surface area (Å²) in [5, 5.41) is 6.42. The molecule has 130 valence electrons. The predicted molar refractivity (Wildman–Crippen MR) is 105 cm³/mol. The van der Waals surface area contributed by atoms with Crippen LogP contribution >= 0.6 is 12.2 Å². The van der Waals surface area contributed by atoms with Crippen molar-refractivity contribution in [2.24, 2.45) is 5.73 Å². The van der Waals surface area contributed by atoms with Crippen molar-refractivity contribution in [2.45, 2.75) is 38.9 Å². The number of hydrogen-bond acceptors (Lipinski definition) is 4. The molecule has 0 amide bonds. The third-order valence-electron chi connectivity index (χ3n) is 4.50. The van der Waals surface area contributed by atoms with Crippen LogP contribution in [0.5, 0.6) is 0 Å². The molecule has 0 spiro atoms. The summed E-state index contributed by atoms with van der Waals surface area (Å²) in [5.74, 6) is 0. The third kappa shape index (κ3) is 4.16. The van der Waals surface area contributed by atoms with Gasteiger partial charge in [-0.3, -0.25) is 0 Å². The molecule has 5 nitrogen and oxygen atoms in total. The maximum atomic E-state index is 6.17. The molecule has 0 saturated carbocycles. The second-order valence-electron chi connectivity index (χ2n) is 6.91. The number of benzene rings is 1. The minimum absolute atomic E-state index is 0.238. The van der Waals surface area contributed by atoms with Gasteiger partial charge in [-0.05, 0) is 64.1 Å². The highest BCUT2D eigenvalue weighted by molar-refractivity contribution is 7.80. The summed E-state index contributed by atoms with van der Waals surface area (Å²) in [6.45, 7) is 8.84. The van der Waals surface area contributed by atoms with Crippen molar-refractivity contribution < 1.29 is 9.31 Å². The normalized spacial score (nSPS) is 19.4. The average Bonchev–Trinajstić information content (AvgIpc) is 2.68. The fourth-order valence-electron chi connectivity index (χ4n) is 2.47. The molecule has 0 aromatic heterocycles. The van der Waals surface area contributed by atoms with Gasteiger partial charge >= 0.3 is 7.12 Å². The average molecular weight is 347 g/mol. The van der Waals surface area contributed by atoms with Gasteiger partial charge in [-0.25, -0.2) is 0 Å². The molecule has 1 aliphatic heterocycles. The first-order valence-electron chi connectivity index (χ1n) is 8.02. The van der Waals surface area contributed by atoms with Crippen LogP contribution < -0.4 is 16.4 Å². The molecule has 1 heterocycles. The third-order valence-corrected chi connectivity index (χ3v) is 4.60. The summed E-state index contributed by atoms with van der Waals surface area (Å²) in [6, 6.07) is 7.84. The highest BCUT2D eigenvalue weighted by atomic mass is 32.1. The van der Waals surface area contributed by atoms with Crippen molar-refractivity contribution in [1.29, 1.82) is 0 Å². The van der Waals surface area contributed by atoms with Gasteiger partial charge in [0, 0.05) is 12.2 Å². The van der Waals surface area contributed by atoms with Gasteiger partial charge in [0.05, 0.1) is 11.2 Å². The lowest BCUT2D eigenvalue weighted by Gasteiger charge is -2.32. The van der Waals surface area contributed by atoms with E-state index in [4.69, 9.17) is 27.3 Å². The molecule has 1 aromatic rings. The SMILES string of the molecule is CNCC(=Cc1ccccc1NC(N)=S)B1OC(C)(C)C(C)(C)O1. The number of anilines is 1. The van der Waals surface area contributed by atoms with Crippen LogP contribution in [0.3, 0.4) is 0 Å². The van der Waals surface area contributed by atoms with Gasteiger partial charge < -0.3 is 25.7 Å². The molecule has 1 aliphatic rings. The van der Waals surface area contributed by atoms with Gasteiger partial charge in [-0.1, -0.05) is 24.3 Å². The molecule has 0 bridgehead atoms. The summed E-state index contributed by atoms with van der Waals surface area (Å²) >= 11 is 4.95. The van der Waals surface area contributed by atoms with E-state index in [9.17, 15) is 0 Å². The molecule has 1 fully saturated rings. The Hall–Kier alpha value is -1.41. The number of rotatable bonds is 5. The first-order valence-corrected chi connectivity index (χ1v) is 8.43. The molecule has 4 N–H and O–H groups in total. The van der Waals surface area contributed by atoms with E-state index in [1.165, 1.54) is 0 Å². The van der Waals surface area contributed by atoms with E-state index in [2.05, 4.69) is 16.7 Å². The Labute approximate surface area is 150 Å². The lowest BCUT2D eigenvalue weighted by atomic mass is 9.77. The largest absolute Gasteiger partial charge is 0.491 e. The zero-order valence-electron chi connectivity index (χ0n) is 15.0. The first-order chi connectivity index (χ1) is 11.2. The second-order valence-corrected chi connectivity index (χ2v) is 7.35. The van der Waals surface area contributed by atoms with Crippen molar-refractivity contribution in [2.75, 3.05) is 18.9 Å². The lowest BCUT2D eigenvalue weighted by Crippen LogP contribution is -2.41. The van der Waals surface area contributed by atoms with E-state index < -0.39 is 7.12 Å². The van der Waals surface area contributed by atoms with E-state index in [1.54, 1.807) is 0 Å². The van der Waals surface area contributed by atoms with Crippen molar-refractivity contribution in [3.63, 3.8) is 0 Å². The molecular formula is C17H26BN3O2S. The molecule has 1 saturated heterocycles. The zero-order valence-corrected chi connectivity index (χ0v) is 15.8. The lowest BCUT2D eigenvalue weighted by molar-refractivity contribution is 0.00578.